The van der Waals surface area contributed by atoms with Crippen LogP contribution in [-0.2, 0) is 0 Å². The van der Waals surface area contributed by atoms with E-state index in [9.17, 15) is 4.79 Å². The van der Waals surface area contributed by atoms with Crippen molar-refractivity contribution >= 4 is 5.95 Å². The van der Waals surface area contributed by atoms with Crippen LogP contribution in [-0.4, -0.2) is 30.3 Å². The van der Waals surface area contributed by atoms with Crippen molar-refractivity contribution < 1.29 is 4.52 Å². The summed E-state index contributed by atoms with van der Waals surface area (Å²) in [7, 11) is 1.80. The number of anilines is 1. The van der Waals surface area contributed by atoms with Crippen molar-refractivity contribution in [1.82, 2.24) is 15.5 Å². The summed E-state index contributed by atoms with van der Waals surface area (Å²) < 4.78 is 4.26. The van der Waals surface area contributed by atoms with Gasteiger partial charge in [-0.25, -0.2) is 10.6 Å². The van der Waals surface area contributed by atoms with Gasteiger partial charge in [0.05, 0.1) is 0 Å². The summed E-state index contributed by atoms with van der Waals surface area (Å²) in [5.41, 5.74) is 0. The Morgan fingerprint density at radius 1 is 1.83 bits per heavy atom. The zero-order valence-corrected chi connectivity index (χ0v) is 6.70. The first-order chi connectivity index (χ1) is 5.74. The van der Waals surface area contributed by atoms with Crippen molar-refractivity contribution in [2.45, 2.75) is 0 Å². The predicted molar refractivity (Wildman–Crippen MR) is 42.6 cm³/mol. The van der Waals surface area contributed by atoms with E-state index in [4.69, 9.17) is 5.84 Å². The van der Waals surface area contributed by atoms with Gasteiger partial charge in [-0.3, -0.25) is 14.5 Å². The quantitative estimate of drug-likeness (QED) is 0.369. The Hall–Kier alpha value is -1.34. The number of H-pyrrole nitrogens is 1. The van der Waals surface area contributed by atoms with Crippen LogP contribution in [0, 0.1) is 0 Å². The highest BCUT2D eigenvalue weighted by Crippen LogP contribution is 1.95. The normalized spacial score (nSPS) is 10.2. The fourth-order valence-electron chi connectivity index (χ4n) is 0.684. The smallest absolute Gasteiger partial charge is 0.318 e. The van der Waals surface area contributed by atoms with Crippen molar-refractivity contribution in [2.75, 3.05) is 25.1 Å². The van der Waals surface area contributed by atoms with Crippen molar-refractivity contribution in [3.8, 4) is 0 Å². The molecule has 0 unspecified atom stereocenters. The molecule has 1 aromatic heterocycles. The summed E-state index contributed by atoms with van der Waals surface area (Å²) in [6.45, 7) is 1.24. The topological polar surface area (TPSA) is 100 Å². The van der Waals surface area contributed by atoms with Crippen molar-refractivity contribution in [1.29, 1.82) is 0 Å². The van der Waals surface area contributed by atoms with Crippen LogP contribution in [0.25, 0.3) is 0 Å². The Bertz CT molecular complexity index is 279. The lowest BCUT2D eigenvalue weighted by atomic mass is 10.6. The average molecular weight is 173 g/mol. The number of aromatic amines is 1. The monoisotopic (exact) mass is 173 g/mol. The molecule has 4 N–H and O–H groups in total. The molecule has 7 nitrogen and oxygen atoms in total. The summed E-state index contributed by atoms with van der Waals surface area (Å²) in [5.74, 6) is 5.12. The Kier molecular flexibility index (Phi) is 2.83. The van der Waals surface area contributed by atoms with Gasteiger partial charge in [0.1, 0.15) is 0 Å². The third-order valence-electron chi connectivity index (χ3n) is 1.30. The van der Waals surface area contributed by atoms with E-state index in [0.29, 0.717) is 13.1 Å². The first kappa shape index (κ1) is 8.75. The fraction of sp³-hybridized carbons (Fsp3) is 0.600. The summed E-state index contributed by atoms with van der Waals surface area (Å²) in [5, 5.41) is 7.59. The van der Waals surface area contributed by atoms with Crippen LogP contribution in [0.1, 0.15) is 0 Å². The molecule has 1 aromatic rings. The summed E-state index contributed by atoms with van der Waals surface area (Å²) in [6.07, 6.45) is 0. The molecule has 1 rings (SSSR count). The van der Waals surface area contributed by atoms with Crippen LogP contribution >= 0.6 is 0 Å². The Balaban J connectivity index is 2.53. The van der Waals surface area contributed by atoms with E-state index < -0.39 is 5.76 Å². The van der Waals surface area contributed by atoms with Gasteiger partial charge in [0, 0.05) is 13.1 Å². The molecule has 0 spiro atoms. The molecule has 7 heteroatoms. The van der Waals surface area contributed by atoms with E-state index in [2.05, 4.69) is 20.0 Å². The van der Waals surface area contributed by atoms with E-state index in [1.165, 1.54) is 5.01 Å². The minimum atomic E-state index is -0.607. The van der Waals surface area contributed by atoms with Crippen LogP contribution in [0.5, 0.6) is 0 Å². The van der Waals surface area contributed by atoms with Crippen LogP contribution in [0.15, 0.2) is 9.32 Å². The number of hydrazine groups is 1. The minimum Gasteiger partial charge on any atom is -0.318 e. The molecule has 0 radical (unpaired) electrons. The Morgan fingerprint density at radius 3 is 3.08 bits per heavy atom. The van der Waals surface area contributed by atoms with Gasteiger partial charge in [-0.2, -0.15) is 0 Å². The van der Waals surface area contributed by atoms with E-state index >= 15 is 0 Å². The zero-order chi connectivity index (χ0) is 8.97. The van der Waals surface area contributed by atoms with Crippen molar-refractivity contribution in [3.05, 3.63) is 10.6 Å². The van der Waals surface area contributed by atoms with Gasteiger partial charge >= 0.3 is 5.76 Å². The molecule has 0 aliphatic rings. The highest BCUT2D eigenvalue weighted by atomic mass is 16.5. The number of rotatable bonds is 4. The molecule has 0 aromatic carbocycles. The van der Waals surface area contributed by atoms with Crippen molar-refractivity contribution in [3.63, 3.8) is 0 Å². The number of aromatic nitrogens is 2. The predicted octanol–water partition coefficient (Wildman–Crippen LogP) is -1.74. The van der Waals surface area contributed by atoms with Gasteiger partial charge in [0.2, 0.25) is 0 Å². The maximum atomic E-state index is 10.5. The van der Waals surface area contributed by atoms with E-state index in [-0.39, 0.29) is 5.95 Å². The highest BCUT2D eigenvalue weighted by molar-refractivity contribution is 5.22. The summed E-state index contributed by atoms with van der Waals surface area (Å²) >= 11 is 0. The van der Waals surface area contributed by atoms with Crippen LogP contribution in [0.4, 0.5) is 5.95 Å². The minimum absolute atomic E-state index is 0.232. The van der Waals surface area contributed by atoms with E-state index in [1.54, 1.807) is 7.05 Å². The lowest BCUT2D eigenvalue weighted by molar-refractivity contribution is 0.386. The number of hydrogen-bond donors (Lipinski definition) is 3. The number of nitrogens with zero attached hydrogens (tertiary/aromatic N) is 2. The van der Waals surface area contributed by atoms with Crippen LogP contribution < -0.4 is 21.9 Å². The van der Waals surface area contributed by atoms with Gasteiger partial charge < -0.3 is 5.32 Å². The maximum Gasteiger partial charge on any atom is 0.440 e. The molecule has 0 aliphatic carbocycles. The number of nitrogens with one attached hydrogen (secondary N) is 2. The van der Waals surface area contributed by atoms with Gasteiger partial charge in [-0.15, -0.1) is 0 Å². The summed E-state index contributed by atoms with van der Waals surface area (Å²) in [6, 6.07) is 0. The molecule has 0 aliphatic heterocycles. The molecule has 68 valence electrons. The molecule has 0 fully saturated rings. The molecule has 0 atom stereocenters. The molecule has 0 amide bonds. The third kappa shape index (κ3) is 2.07. The van der Waals surface area contributed by atoms with Gasteiger partial charge in [0.15, 0.2) is 0 Å². The van der Waals surface area contributed by atoms with E-state index in [0.717, 1.165) is 0 Å². The van der Waals surface area contributed by atoms with Gasteiger partial charge in [-0.05, 0) is 12.2 Å². The van der Waals surface area contributed by atoms with E-state index in [1.807, 2.05) is 0 Å². The van der Waals surface area contributed by atoms with Crippen LogP contribution in [0.3, 0.4) is 0 Å². The number of hydrogen-bond acceptors (Lipinski definition) is 6. The molecule has 0 saturated heterocycles. The first-order valence-corrected chi connectivity index (χ1v) is 3.47. The van der Waals surface area contributed by atoms with Gasteiger partial charge in [0.25, 0.3) is 5.95 Å². The lowest BCUT2D eigenvalue weighted by Gasteiger charge is -2.12. The SMILES string of the molecule is CNCCN(N)c1noc(=O)[nH]1. The second-order valence-electron chi connectivity index (χ2n) is 2.22. The largest absolute Gasteiger partial charge is 0.440 e. The molecule has 0 saturated carbocycles. The molecular formula is C5H11N5O2. The first-order valence-electron chi connectivity index (χ1n) is 3.47. The maximum absolute atomic E-state index is 10.5. The highest BCUT2D eigenvalue weighted by Gasteiger charge is 2.05. The second kappa shape index (κ2) is 3.88. The average Bonchev–Trinajstić information content (AvgIpc) is 2.47. The molecule has 0 bridgehead atoms. The molecular weight excluding hydrogens is 162 g/mol. The Labute approximate surface area is 68.5 Å². The fourth-order valence-corrected chi connectivity index (χ4v) is 0.684. The number of nitrogens with two attached hydrogens (primary N) is 1. The standard InChI is InChI=1S/C5H11N5O2/c1-7-2-3-10(6)4-8-5(11)12-9-4/h7H,2-3,6H2,1H3,(H,8,9,11). The Morgan fingerprint density at radius 2 is 2.58 bits per heavy atom. The van der Waals surface area contributed by atoms with Crippen LogP contribution in [0.2, 0.25) is 0 Å². The zero-order valence-electron chi connectivity index (χ0n) is 6.70. The molecule has 1 heterocycles. The molecule has 12 heavy (non-hydrogen) atoms. The second-order valence-corrected chi connectivity index (χ2v) is 2.22. The summed E-state index contributed by atoms with van der Waals surface area (Å²) in [4.78, 5) is 12.8. The lowest BCUT2D eigenvalue weighted by Crippen LogP contribution is -2.37. The van der Waals surface area contributed by atoms with Crippen molar-refractivity contribution in [2.24, 2.45) is 5.84 Å². The van der Waals surface area contributed by atoms with Gasteiger partial charge in [-0.1, -0.05) is 0 Å². The third-order valence-corrected chi connectivity index (χ3v) is 1.30. The number of likely N-dealkylation sites (N-methyl/N-ethyl adjacent to an activating group) is 1.